The molecule has 0 amide bonds. The van der Waals surface area contributed by atoms with Crippen LogP contribution in [0.4, 0.5) is 0 Å². The van der Waals surface area contributed by atoms with Gasteiger partial charge in [0.1, 0.15) is 0 Å². The van der Waals surface area contributed by atoms with Crippen molar-refractivity contribution >= 4 is 0 Å². The molecule has 0 aliphatic carbocycles. The predicted molar refractivity (Wildman–Crippen MR) is 70.2 cm³/mol. The van der Waals surface area contributed by atoms with E-state index in [1.165, 1.54) is 11.1 Å². The maximum Gasteiger partial charge on any atom is 0.231 e. The van der Waals surface area contributed by atoms with Crippen LogP contribution in [0.25, 0.3) is 0 Å². The molecule has 2 heterocycles. The summed E-state index contributed by atoms with van der Waals surface area (Å²) in [5.74, 6) is 1.76. The number of fused-ring (bicyclic) bond motifs is 1. The molecule has 1 aromatic rings. The Balaban J connectivity index is 1.95. The van der Waals surface area contributed by atoms with E-state index >= 15 is 0 Å². The van der Waals surface area contributed by atoms with Crippen LogP contribution in [0.1, 0.15) is 17.2 Å². The highest BCUT2D eigenvalue weighted by Crippen LogP contribution is 2.38. The quantitative estimate of drug-likeness (QED) is 0.754. The van der Waals surface area contributed by atoms with Crippen molar-refractivity contribution in [3.63, 3.8) is 0 Å². The molecule has 4 heteroatoms. The van der Waals surface area contributed by atoms with E-state index in [9.17, 15) is 0 Å². The summed E-state index contributed by atoms with van der Waals surface area (Å²) in [6.07, 6.45) is 0. The summed E-state index contributed by atoms with van der Waals surface area (Å²) in [7, 11) is 4.38. The minimum Gasteiger partial charge on any atom is -0.454 e. The molecule has 0 spiro atoms. The highest BCUT2D eigenvalue weighted by atomic mass is 16.7. The molecule has 2 aliphatic rings. The topological polar surface area (TPSA) is 24.9 Å². The average molecular weight is 248 g/mol. The minimum atomic E-state index is 0.346. The number of hydrogen-bond acceptors (Lipinski definition) is 4. The Morgan fingerprint density at radius 2 is 1.83 bits per heavy atom. The molecule has 0 N–H and O–H groups in total. The molecule has 0 radical (unpaired) electrons. The van der Waals surface area contributed by atoms with Gasteiger partial charge in [-0.05, 0) is 44.3 Å². The Morgan fingerprint density at radius 3 is 2.61 bits per heavy atom. The smallest absolute Gasteiger partial charge is 0.231 e. The Kier molecular flexibility index (Phi) is 2.92. The van der Waals surface area contributed by atoms with Crippen LogP contribution in [0.3, 0.4) is 0 Å². The van der Waals surface area contributed by atoms with Crippen LogP contribution in [-0.4, -0.2) is 50.3 Å². The summed E-state index contributed by atoms with van der Waals surface area (Å²) >= 11 is 0. The third-order valence-electron chi connectivity index (χ3n) is 3.97. The normalized spacial score (nSPS) is 24.5. The van der Waals surface area contributed by atoms with Crippen molar-refractivity contribution in [1.82, 2.24) is 9.80 Å². The van der Waals surface area contributed by atoms with Crippen molar-refractivity contribution in [2.75, 3.05) is 40.5 Å². The molecular formula is C14H20N2O2. The average Bonchev–Trinajstić information content (AvgIpc) is 2.78. The maximum atomic E-state index is 5.49. The number of benzene rings is 1. The predicted octanol–water partition coefficient (Wildman–Crippen LogP) is 1.64. The third kappa shape index (κ3) is 1.95. The summed E-state index contributed by atoms with van der Waals surface area (Å²) in [6, 6.07) is 4.69. The van der Waals surface area contributed by atoms with Gasteiger partial charge in [0.2, 0.25) is 6.79 Å². The molecule has 0 bridgehead atoms. The Hall–Kier alpha value is -1.26. The number of ether oxygens (including phenoxy) is 2. The molecule has 1 fully saturated rings. The fourth-order valence-corrected chi connectivity index (χ4v) is 2.76. The molecule has 2 aliphatic heterocycles. The van der Waals surface area contributed by atoms with E-state index in [0.717, 1.165) is 31.1 Å². The van der Waals surface area contributed by atoms with Gasteiger partial charge in [-0.1, -0.05) is 0 Å². The van der Waals surface area contributed by atoms with Gasteiger partial charge in [0.25, 0.3) is 0 Å². The Bertz CT molecular complexity index is 461. The van der Waals surface area contributed by atoms with Gasteiger partial charge < -0.3 is 14.4 Å². The summed E-state index contributed by atoms with van der Waals surface area (Å²) in [5.41, 5.74) is 2.64. The zero-order valence-electron chi connectivity index (χ0n) is 11.3. The molecule has 1 saturated heterocycles. The molecule has 1 atom stereocenters. The number of nitrogens with zero attached hydrogens (tertiary/aromatic N) is 2. The number of aryl methyl sites for hydroxylation is 1. The molecule has 1 aromatic carbocycles. The first kappa shape index (κ1) is 11.8. The lowest BCUT2D eigenvalue weighted by Gasteiger charge is -2.38. The standard InChI is InChI=1S/C14H20N2O2/c1-10-6-13-14(18-9-17-13)7-11(10)12-8-15(2)4-5-16(12)3/h6-7,12H,4-5,8-9H2,1-3H3. The molecule has 98 valence electrons. The molecule has 0 aromatic heterocycles. The van der Waals surface area contributed by atoms with E-state index in [1.54, 1.807) is 0 Å². The molecule has 4 nitrogen and oxygen atoms in total. The zero-order chi connectivity index (χ0) is 12.7. The van der Waals surface area contributed by atoms with Gasteiger partial charge in [-0.15, -0.1) is 0 Å². The monoisotopic (exact) mass is 248 g/mol. The molecule has 18 heavy (non-hydrogen) atoms. The van der Waals surface area contributed by atoms with E-state index in [-0.39, 0.29) is 0 Å². The zero-order valence-corrected chi connectivity index (χ0v) is 11.3. The lowest BCUT2D eigenvalue weighted by Crippen LogP contribution is -2.44. The van der Waals surface area contributed by atoms with E-state index in [1.807, 2.05) is 0 Å². The van der Waals surface area contributed by atoms with Crippen molar-refractivity contribution in [2.45, 2.75) is 13.0 Å². The van der Waals surface area contributed by atoms with E-state index in [4.69, 9.17) is 9.47 Å². The van der Waals surface area contributed by atoms with E-state index in [2.05, 4.69) is 43.0 Å². The second-order valence-corrected chi connectivity index (χ2v) is 5.32. The molecular weight excluding hydrogens is 228 g/mol. The number of likely N-dealkylation sites (N-methyl/N-ethyl adjacent to an activating group) is 2. The second kappa shape index (κ2) is 4.44. The van der Waals surface area contributed by atoms with Crippen molar-refractivity contribution in [2.24, 2.45) is 0 Å². The second-order valence-electron chi connectivity index (χ2n) is 5.32. The first-order valence-corrected chi connectivity index (χ1v) is 6.44. The first-order chi connectivity index (χ1) is 8.65. The summed E-state index contributed by atoms with van der Waals surface area (Å²) < 4.78 is 10.9. The number of piperazine rings is 1. The van der Waals surface area contributed by atoms with Crippen LogP contribution >= 0.6 is 0 Å². The van der Waals surface area contributed by atoms with Gasteiger partial charge in [0, 0.05) is 25.7 Å². The fraction of sp³-hybridized carbons (Fsp3) is 0.571. The highest BCUT2D eigenvalue weighted by molar-refractivity contribution is 5.49. The van der Waals surface area contributed by atoms with Crippen LogP contribution in [-0.2, 0) is 0 Å². The van der Waals surface area contributed by atoms with Gasteiger partial charge in [-0.3, -0.25) is 4.90 Å². The summed E-state index contributed by atoms with van der Waals surface area (Å²) in [5, 5.41) is 0. The number of rotatable bonds is 1. The van der Waals surface area contributed by atoms with E-state index < -0.39 is 0 Å². The lowest BCUT2D eigenvalue weighted by molar-refractivity contribution is 0.114. The van der Waals surface area contributed by atoms with Crippen LogP contribution in [0.2, 0.25) is 0 Å². The first-order valence-electron chi connectivity index (χ1n) is 6.44. The van der Waals surface area contributed by atoms with Crippen LogP contribution in [0.15, 0.2) is 12.1 Å². The van der Waals surface area contributed by atoms with E-state index in [0.29, 0.717) is 12.8 Å². The van der Waals surface area contributed by atoms with Gasteiger partial charge in [-0.2, -0.15) is 0 Å². The van der Waals surface area contributed by atoms with Gasteiger partial charge in [0.15, 0.2) is 11.5 Å². The van der Waals surface area contributed by atoms with Crippen molar-refractivity contribution < 1.29 is 9.47 Å². The number of hydrogen-bond donors (Lipinski definition) is 0. The SMILES string of the molecule is Cc1cc2c(cc1C1CN(C)CCN1C)OCO2. The van der Waals surface area contributed by atoms with Crippen molar-refractivity contribution in [1.29, 1.82) is 0 Å². The van der Waals surface area contributed by atoms with Crippen LogP contribution in [0, 0.1) is 6.92 Å². The maximum absolute atomic E-state index is 5.49. The fourth-order valence-electron chi connectivity index (χ4n) is 2.76. The minimum absolute atomic E-state index is 0.346. The Labute approximate surface area is 108 Å². The van der Waals surface area contributed by atoms with Crippen molar-refractivity contribution in [3.8, 4) is 11.5 Å². The van der Waals surface area contributed by atoms with Crippen LogP contribution in [0.5, 0.6) is 11.5 Å². The van der Waals surface area contributed by atoms with Gasteiger partial charge >= 0.3 is 0 Å². The largest absolute Gasteiger partial charge is 0.454 e. The Morgan fingerprint density at radius 1 is 1.11 bits per heavy atom. The van der Waals surface area contributed by atoms with Gasteiger partial charge in [0.05, 0.1) is 0 Å². The summed E-state index contributed by atoms with van der Waals surface area (Å²) in [6.45, 7) is 5.81. The van der Waals surface area contributed by atoms with Crippen LogP contribution < -0.4 is 9.47 Å². The van der Waals surface area contributed by atoms with Crippen molar-refractivity contribution in [3.05, 3.63) is 23.3 Å². The third-order valence-corrected chi connectivity index (χ3v) is 3.97. The molecule has 0 saturated carbocycles. The highest BCUT2D eigenvalue weighted by Gasteiger charge is 2.27. The summed E-state index contributed by atoms with van der Waals surface area (Å²) in [4.78, 5) is 4.80. The lowest BCUT2D eigenvalue weighted by atomic mass is 9.97. The molecule has 1 unspecified atom stereocenters. The van der Waals surface area contributed by atoms with Gasteiger partial charge in [-0.25, -0.2) is 0 Å². The molecule has 3 rings (SSSR count).